The predicted octanol–water partition coefficient (Wildman–Crippen LogP) is 1.57. The number of hydrogen-bond acceptors (Lipinski definition) is 2. The molecule has 2 amide bonds. The smallest absolute Gasteiger partial charge is 0.317 e. The minimum absolute atomic E-state index is 0.418. The highest BCUT2D eigenvalue weighted by Gasteiger charge is 2.03. The highest BCUT2D eigenvalue weighted by Crippen LogP contribution is 2.18. The quantitative estimate of drug-likeness (QED) is 0.690. The number of benzene rings is 1. The van der Waals surface area contributed by atoms with E-state index in [4.69, 9.17) is 5.73 Å². The van der Waals surface area contributed by atoms with Crippen molar-refractivity contribution in [3.63, 3.8) is 0 Å². The van der Waals surface area contributed by atoms with Crippen molar-refractivity contribution in [3.05, 3.63) is 36.4 Å². The van der Waals surface area contributed by atoms with Crippen LogP contribution in [-0.4, -0.2) is 16.2 Å². The lowest BCUT2D eigenvalue weighted by atomic mass is 10.2. The molecule has 0 unspecified atom stereocenters. The minimum atomic E-state index is -0.624. The third-order valence-electron chi connectivity index (χ3n) is 1.91. The molecule has 2 rings (SSSR count). The molecule has 0 aliphatic heterocycles. The molecule has 0 saturated carbocycles. The van der Waals surface area contributed by atoms with Crippen LogP contribution in [0.5, 0.6) is 0 Å². The molecule has 1 aromatic carbocycles. The molecule has 0 saturated heterocycles. The van der Waals surface area contributed by atoms with E-state index in [1.54, 1.807) is 6.07 Å². The van der Waals surface area contributed by atoms with Crippen LogP contribution in [0.1, 0.15) is 0 Å². The van der Waals surface area contributed by atoms with Crippen LogP contribution in [0.25, 0.3) is 11.3 Å². The lowest BCUT2D eigenvalue weighted by molar-refractivity contribution is 0.259. The van der Waals surface area contributed by atoms with Gasteiger partial charge in [-0.1, -0.05) is 30.3 Å². The molecule has 0 spiro atoms. The van der Waals surface area contributed by atoms with Gasteiger partial charge in [-0.25, -0.2) is 4.79 Å². The zero-order valence-corrected chi connectivity index (χ0v) is 7.90. The van der Waals surface area contributed by atoms with Crippen molar-refractivity contribution in [3.8, 4) is 11.3 Å². The molecule has 5 nitrogen and oxygen atoms in total. The Hall–Kier alpha value is -2.30. The van der Waals surface area contributed by atoms with Gasteiger partial charge in [-0.2, -0.15) is 5.10 Å². The van der Waals surface area contributed by atoms with Crippen LogP contribution in [-0.2, 0) is 0 Å². The lowest BCUT2D eigenvalue weighted by Crippen LogP contribution is -2.19. The molecule has 4 N–H and O–H groups in total. The number of nitrogens with one attached hydrogen (secondary N) is 2. The zero-order chi connectivity index (χ0) is 10.7. The van der Waals surface area contributed by atoms with Gasteiger partial charge in [0, 0.05) is 6.07 Å². The van der Waals surface area contributed by atoms with Gasteiger partial charge in [0.1, 0.15) is 0 Å². The second-order valence-corrected chi connectivity index (χ2v) is 3.02. The summed E-state index contributed by atoms with van der Waals surface area (Å²) in [5.41, 5.74) is 6.80. The van der Waals surface area contributed by atoms with Gasteiger partial charge in [0.2, 0.25) is 0 Å². The number of anilines is 1. The summed E-state index contributed by atoms with van der Waals surface area (Å²) >= 11 is 0. The molecule has 1 aromatic heterocycles. The van der Waals surface area contributed by atoms with Crippen molar-refractivity contribution in [2.75, 3.05) is 5.32 Å². The van der Waals surface area contributed by atoms with E-state index < -0.39 is 6.03 Å². The first kappa shape index (κ1) is 9.26. The van der Waals surface area contributed by atoms with Gasteiger partial charge in [0.15, 0.2) is 5.82 Å². The summed E-state index contributed by atoms with van der Waals surface area (Å²) in [6.07, 6.45) is 0. The minimum Gasteiger partial charge on any atom is -0.351 e. The second kappa shape index (κ2) is 3.83. The van der Waals surface area contributed by atoms with E-state index in [-0.39, 0.29) is 0 Å². The number of nitrogens with two attached hydrogens (primary N) is 1. The maximum atomic E-state index is 10.6. The van der Waals surface area contributed by atoms with Crippen LogP contribution in [0.15, 0.2) is 36.4 Å². The summed E-state index contributed by atoms with van der Waals surface area (Å²) in [6, 6.07) is 10.8. The zero-order valence-electron chi connectivity index (χ0n) is 7.90. The molecule has 0 aliphatic carbocycles. The number of hydrogen-bond donors (Lipinski definition) is 3. The van der Waals surface area contributed by atoms with Crippen LogP contribution in [0.3, 0.4) is 0 Å². The molecular weight excluding hydrogens is 192 g/mol. The van der Waals surface area contributed by atoms with Gasteiger partial charge in [-0.05, 0) is 5.56 Å². The standard InChI is InChI=1S/C10H10N4O/c11-10(15)12-9-6-8(13-14-9)7-4-2-1-3-5-7/h1-6H,(H4,11,12,13,14,15). The third-order valence-corrected chi connectivity index (χ3v) is 1.91. The summed E-state index contributed by atoms with van der Waals surface area (Å²) in [7, 11) is 0. The summed E-state index contributed by atoms with van der Waals surface area (Å²) < 4.78 is 0. The molecule has 0 atom stereocenters. The maximum Gasteiger partial charge on any atom is 0.317 e. The van der Waals surface area contributed by atoms with Gasteiger partial charge >= 0.3 is 6.03 Å². The predicted molar refractivity (Wildman–Crippen MR) is 57.2 cm³/mol. The van der Waals surface area contributed by atoms with Crippen molar-refractivity contribution in [1.29, 1.82) is 0 Å². The Morgan fingerprint density at radius 2 is 2.07 bits per heavy atom. The number of primary amides is 1. The molecule has 76 valence electrons. The number of carbonyl (C=O) groups excluding carboxylic acids is 1. The summed E-state index contributed by atoms with van der Waals surface area (Å²) in [5, 5.41) is 9.09. The number of amides is 2. The Balaban J connectivity index is 2.24. The fourth-order valence-corrected chi connectivity index (χ4v) is 1.28. The third kappa shape index (κ3) is 2.14. The van der Waals surface area contributed by atoms with E-state index in [1.807, 2.05) is 30.3 Å². The molecule has 0 bridgehead atoms. The number of urea groups is 1. The Bertz CT molecular complexity index is 463. The molecule has 0 fully saturated rings. The fourth-order valence-electron chi connectivity index (χ4n) is 1.28. The van der Waals surface area contributed by atoms with Crippen LogP contribution in [0, 0.1) is 0 Å². The molecule has 0 aliphatic rings. The van der Waals surface area contributed by atoms with Crippen molar-refractivity contribution >= 4 is 11.8 Å². The Kier molecular flexibility index (Phi) is 2.37. The van der Waals surface area contributed by atoms with Gasteiger partial charge in [0.05, 0.1) is 5.69 Å². The first-order chi connectivity index (χ1) is 7.25. The monoisotopic (exact) mass is 202 g/mol. The van der Waals surface area contributed by atoms with E-state index in [2.05, 4.69) is 15.5 Å². The van der Waals surface area contributed by atoms with Gasteiger partial charge in [0.25, 0.3) is 0 Å². The Morgan fingerprint density at radius 1 is 1.33 bits per heavy atom. The number of nitrogens with zero attached hydrogens (tertiary/aromatic N) is 1. The number of aromatic amines is 1. The first-order valence-corrected chi connectivity index (χ1v) is 4.43. The molecule has 0 radical (unpaired) electrons. The summed E-state index contributed by atoms with van der Waals surface area (Å²) in [6.45, 7) is 0. The summed E-state index contributed by atoms with van der Waals surface area (Å²) in [5.74, 6) is 0.418. The summed E-state index contributed by atoms with van der Waals surface area (Å²) in [4.78, 5) is 10.6. The topological polar surface area (TPSA) is 83.8 Å². The first-order valence-electron chi connectivity index (χ1n) is 4.43. The van der Waals surface area contributed by atoms with Crippen molar-refractivity contribution in [2.24, 2.45) is 5.73 Å². The van der Waals surface area contributed by atoms with E-state index in [0.717, 1.165) is 11.3 Å². The van der Waals surface area contributed by atoms with Crippen LogP contribution < -0.4 is 11.1 Å². The van der Waals surface area contributed by atoms with Crippen LogP contribution >= 0.6 is 0 Å². The second-order valence-electron chi connectivity index (χ2n) is 3.02. The average Bonchev–Trinajstić information content (AvgIpc) is 2.67. The van der Waals surface area contributed by atoms with Crippen LogP contribution in [0.4, 0.5) is 10.6 Å². The number of rotatable bonds is 2. The van der Waals surface area contributed by atoms with Crippen molar-refractivity contribution in [2.45, 2.75) is 0 Å². The largest absolute Gasteiger partial charge is 0.351 e. The highest BCUT2D eigenvalue weighted by molar-refractivity contribution is 5.87. The van der Waals surface area contributed by atoms with Crippen molar-refractivity contribution in [1.82, 2.24) is 10.2 Å². The SMILES string of the molecule is NC(=O)Nc1cc(-c2ccccc2)[nH]n1. The van der Waals surface area contributed by atoms with Gasteiger partial charge < -0.3 is 5.73 Å². The molecule has 2 aromatic rings. The van der Waals surface area contributed by atoms with Gasteiger partial charge in [-0.3, -0.25) is 10.4 Å². The average molecular weight is 202 g/mol. The normalized spacial score (nSPS) is 9.87. The lowest BCUT2D eigenvalue weighted by Gasteiger charge is -1.94. The highest BCUT2D eigenvalue weighted by atomic mass is 16.2. The van der Waals surface area contributed by atoms with E-state index in [9.17, 15) is 4.79 Å². The number of H-pyrrole nitrogens is 1. The van der Waals surface area contributed by atoms with Gasteiger partial charge in [-0.15, -0.1) is 0 Å². The van der Waals surface area contributed by atoms with Crippen LogP contribution in [0.2, 0.25) is 0 Å². The Morgan fingerprint density at radius 3 is 2.73 bits per heavy atom. The van der Waals surface area contributed by atoms with E-state index >= 15 is 0 Å². The molecule has 5 heteroatoms. The van der Waals surface area contributed by atoms with E-state index in [0.29, 0.717) is 5.82 Å². The fraction of sp³-hybridized carbons (Fsp3) is 0. The number of aromatic nitrogens is 2. The Labute approximate surface area is 86.3 Å². The molecular formula is C10H10N4O. The van der Waals surface area contributed by atoms with Crippen molar-refractivity contribution < 1.29 is 4.79 Å². The number of carbonyl (C=O) groups is 1. The maximum absolute atomic E-state index is 10.6. The molecule has 1 heterocycles. The van der Waals surface area contributed by atoms with E-state index in [1.165, 1.54) is 0 Å². The molecule has 15 heavy (non-hydrogen) atoms.